The fourth-order valence-corrected chi connectivity index (χ4v) is 6.30. The van der Waals surface area contributed by atoms with Crippen LogP contribution in [0.25, 0.3) is 0 Å². The topological polar surface area (TPSA) is 105 Å². The lowest BCUT2D eigenvalue weighted by Crippen LogP contribution is -2.70. The highest BCUT2D eigenvalue weighted by molar-refractivity contribution is 5.94. The second kappa shape index (κ2) is 7.32. The molecule has 1 spiro atoms. The molecule has 2 aliphatic carbocycles. The predicted molar refractivity (Wildman–Crippen MR) is 113 cm³/mol. The smallest absolute Gasteiger partial charge is 0.342 e. The van der Waals surface area contributed by atoms with Gasteiger partial charge in [-0.05, 0) is 57.6 Å². The van der Waals surface area contributed by atoms with Gasteiger partial charge in [-0.2, -0.15) is 0 Å². The van der Waals surface area contributed by atoms with E-state index in [1.54, 1.807) is 0 Å². The van der Waals surface area contributed by atoms with Crippen molar-refractivity contribution in [2.45, 2.75) is 70.4 Å². The average Bonchev–Trinajstić information content (AvgIpc) is 3.50. The summed E-state index contributed by atoms with van der Waals surface area (Å²) in [6.07, 6.45) is 4.94. The monoisotopic (exact) mass is 456 g/mol. The molecule has 176 valence electrons. The molecule has 0 N–H and O–H groups in total. The highest BCUT2D eigenvalue weighted by Gasteiger charge is 2.75. The zero-order valence-corrected chi connectivity index (χ0v) is 19.2. The van der Waals surface area contributed by atoms with Gasteiger partial charge in [0.25, 0.3) is 0 Å². The lowest BCUT2D eigenvalue weighted by atomic mass is 9.50. The molecule has 33 heavy (non-hydrogen) atoms. The third-order valence-corrected chi connectivity index (χ3v) is 8.19. The van der Waals surface area contributed by atoms with Crippen LogP contribution in [0.5, 0.6) is 0 Å². The molecular formula is C25H28O8. The van der Waals surface area contributed by atoms with E-state index in [-0.39, 0.29) is 35.2 Å². The Morgan fingerprint density at radius 2 is 1.61 bits per heavy atom. The van der Waals surface area contributed by atoms with Gasteiger partial charge in [0.2, 0.25) is 0 Å². The van der Waals surface area contributed by atoms with E-state index >= 15 is 0 Å². The van der Waals surface area contributed by atoms with Gasteiger partial charge in [0, 0.05) is 6.42 Å². The third kappa shape index (κ3) is 3.10. The largest absolute Gasteiger partial charge is 0.472 e. The number of carbonyl (C=O) groups is 3. The van der Waals surface area contributed by atoms with Crippen molar-refractivity contribution in [2.24, 2.45) is 17.3 Å². The van der Waals surface area contributed by atoms with E-state index in [1.165, 1.54) is 37.2 Å². The Kier molecular flexibility index (Phi) is 4.87. The van der Waals surface area contributed by atoms with Gasteiger partial charge in [-0.1, -0.05) is 6.92 Å². The maximum Gasteiger partial charge on any atom is 0.342 e. The van der Waals surface area contributed by atoms with Gasteiger partial charge in [-0.25, -0.2) is 9.59 Å². The first-order valence-electron chi connectivity index (χ1n) is 11.3. The quantitative estimate of drug-likeness (QED) is 0.631. The Morgan fingerprint density at radius 1 is 1.00 bits per heavy atom. The minimum absolute atomic E-state index is 0.119. The number of esters is 2. The zero-order valence-electron chi connectivity index (χ0n) is 19.2. The van der Waals surface area contributed by atoms with E-state index in [0.29, 0.717) is 12.8 Å². The summed E-state index contributed by atoms with van der Waals surface area (Å²) in [5, 5.41) is 0. The number of fused-ring (bicyclic) bond motifs is 1. The van der Waals surface area contributed by atoms with Gasteiger partial charge in [-0.15, -0.1) is 0 Å². The first-order valence-corrected chi connectivity index (χ1v) is 11.3. The normalized spacial score (nSPS) is 36.8. The lowest BCUT2D eigenvalue weighted by molar-refractivity contribution is -0.245. The molecule has 2 bridgehead atoms. The van der Waals surface area contributed by atoms with Gasteiger partial charge in [0.05, 0.1) is 40.3 Å². The Hall–Kier alpha value is -2.87. The van der Waals surface area contributed by atoms with Crippen LogP contribution in [0.15, 0.2) is 46.0 Å². The van der Waals surface area contributed by atoms with Crippen LogP contribution in [0.4, 0.5) is 0 Å². The van der Waals surface area contributed by atoms with Crippen molar-refractivity contribution in [3.8, 4) is 0 Å². The Morgan fingerprint density at radius 3 is 2.18 bits per heavy atom. The molecule has 8 heteroatoms. The fourth-order valence-electron chi connectivity index (χ4n) is 6.30. The molecule has 6 atom stereocenters. The first kappa shape index (κ1) is 21.9. The summed E-state index contributed by atoms with van der Waals surface area (Å²) >= 11 is 0. The minimum Gasteiger partial charge on any atom is -0.472 e. The van der Waals surface area contributed by atoms with Crippen LogP contribution in [0, 0.1) is 17.3 Å². The van der Waals surface area contributed by atoms with Crippen molar-refractivity contribution in [3.63, 3.8) is 0 Å². The second-order valence-electron chi connectivity index (χ2n) is 10.3. The van der Waals surface area contributed by atoms with Gasteiger partial charge >= 0.3 is 11.9 Å². The molecule has 3 aliphatic rings. The molecule has 3 heterocycles. The van der Waals surface area contributed by atoms with Crippen LogP contribution < -0.4 is 0 Å². The van der Waals surface area contributed by atoms with E-state index in [9.17, 15) is 14.4 Å². The maximum absolute atomic E-state index is 13.4. The summed E-state index contributed by atoms with van der Waals surface area (Å²) < 4.78 is 28.7. The van der Waals surface area contributed by atoms with Crippen molar-refractivity contribution in [1.82, 2.24) is 0 Å². The molecule has 0 amide bonds. The Balaban J connectivity index is 1.57. The van der Waals surface area contributed by atoms with Gasteiger partial charge in [0.15, 0.2) is 11.9 Å². The van der Waals surface area contributed by atoms with Crippen molar-refractivity contribution < 1.29 is 37.4 Å². The van der Waals surface area contributed by atoms with Crippen LogP contribution in [0.1, 0.15) is 67.7 Å². The Bertz CT molecular complexity index is 1070. The molecule has 0 radical (unpaired) electrons. The highest BCUT2D eigenvalue weighted by Crippen LogP contribution is 2.66. The fraction of sp³-hybridized carbons (Fsp3) is 0.560. The minimum atomic E-state index is -1.13. The highest BCUT2D eigenvalue weighted by atomic mass is 16.6. The third-order valence-electron chi connectivity index (χ3n) is 8.19. The first-order chi connectivity index (χ1) is 15.6. The number of ether oxygens (including phenoxy) is 3. The predicted octanol–water partition coefficient (Wildman–Crippen LogP) is 4.20. The van der Waals surface area contributed by atoms with E-state index in [1.807, 2.05) is 27.7 Å². The summed E-state index contributed by atoms with van der Waals surface area (Å²) in [6.45, 7) is 7.91. The molecule has 0 unspecified atom stereocenters. The van der Waals surface area contributed by atoms with Crippen LogP contribution >= 0.6 is 0 Å². The van der Waals surface area contributed by atoms with E-state index in [4.69, 9.17) is 23.0 Å². The van der Waals surface area contributed by atoms with Crippen molar-refractivity contribution in [2.75, 3.05) is 0 Å². The molecule has 1 saturated heterocycles. The molecular weight excluding hydrogens is 428 g/mol. The second-order valence-corrected chi connectivity index (χ2v) is 10.3. The SMILES string of the molecule is C[C@@H]1CC(=O)[C@H](OC(=O)c2ccoc2)[C@@]2(C)[C@@H](OC(=O)c3ccoc3)C[C@H]3C[C@]12OC3(C)C. The number of Topliss-reactive ketones (excluding diaryl/α,β-unsaturated/α-hetero) is 1. The van der Waals surface area contributed by atoms with Crippen LogP contribution in [0.3, 0.4) is 0 Å². The lowest BCUT2D eigenvalue weighted by Gasteiger charge is -2.59. The summed E-state index contributed by atoms with van der Waals surface area (Å²) in [4.78, 5) is 39.2. The summed E-state index contributed by atoms with van der Waals surface area (Å²) in [6, 6.07) is 3.02. The van der Waals surface area contributed by atoms with Gasteiger partial charge < -0.3 is 23.0 Å². The molecule has 0 aromatic carbocycles. The van der Waals surface area contributed by atoms with Crippen molar-refractivity contribution in [3.05, 3.63) is 48.3 Å². The summed E-state index contributed by atoms with van der Waals surface area (Å²) in [5.41, 5.74) is -1.85. The van der Waals surface area contributed by atoms with Crippen molar-refractivity contribution >= 4 is 17.7 Å². The number of ketones is 1. The van der Waals surface area contributed by atoms with Crippen molar-refractivity contribution in [1.29, 1.82) is 0 Å². The van der Waals surface area contributed by atoms with Crippen LogP contribution in [-0.4, -0.2) is 41.1 Å². The summed E-state index contributed by atoms with van der Waals surface area (Å²) in [7, 11) is 0. The van der Waals surface area contributed by atoms with E-state index in [2.05, 4.69) is 0 Å². The molecule has 2 aromatic heterocycles. The van der Waals surface area contributed by atoms with Crippen LogP contribution in [0.2, 0.25) is 0 Å². The standard InChI is InChI=1S/C25H28O8/c1-14-9-18(26)20(32-22(28)16-6-8-30-13-16)24(4)19(31-21(27)15-5-7-29-12-15)10-17-11-25(14,24)33-23(17,2)3/h5-8,12-14,17,19-20H,9-11H2,1-4H3/t14-,17+,19+,20+,24-,25+/m1/s1. The maximum atomic E-state index is 13.4. The number of carbonyl (C=O) groups excluding carboxylic acids is 3. The van der Waals surface area contributed by atoms with Gasteiger partial charge in [0.1, 0.15) is 18.6 Å². The van der Waals surface area contributed by atoms with E-state index < -0.39 is 40.8 Å². The summed E-state index contributed by atoms with van der Waals surface area (Å²) in [5.74, 6) is -1.43. The zero-order chi connectivity index (χ0) is 23.6. The van der Waals surface area contributed by atoms with Crippen LogP contribution in [-0.2, 0) is 19.0 Å². The molecule has 2 aromatic rings. The number of furan rings is 2. The number of hydrogen-bond donors (Lipinski definition) is 0. The molecule has 5 rings (SSSR count). The number of hydrogen-bond acceptors (Lipinski definition) is 8. The van der Waals surface area contributed by atoms with Gasteiger partial charge in [-0.3, -0.25) is 4.79 Å². The van der Waals surface area contributed by atoms with E-state index in [0.717, 1.165) is 0 Å². The molecule has 2 saturated carbocycles. The molecule has 3 fully saturated rings. The molecule has 1 aliphatic heterocycles. The average molecular weight is 456 g/mol. The molecule has 8 nitrogen and oxygen atoms in total. The number of rotatable bonds is 4. The Labute approximate surface area is 191 Å².